The number of carbonyl (C=O) groups is 1. The predicted octanol–water partition coefficient (Wildman–Crippen LogP) is 4.18. The number of carbonyl (C=O) groups excluding carboxylic acids is 1. The molecule has 0 heterocycles. The lowest BCUT2D eigenvalue weighted by Crippen LogP contribution is -2.27. The fourth-order valence-corrected chi connectivity index (χ4v) is 2.41. The van der Waals surface area contributed by atoms with Gasteiger partial charge in [-0.1, -0.05) is 40.5 Å². The molecular formula is C14H28O2. The van der Waals surface area contributed by atoms with Gasteiger partial charge in [-0.2, -0.15) is 0 Å². The van der Waals surface area contributed by atoms with Crippen LogP contribution in [-0.2, 0) is 9.53 Å². The molecule has 96 valence electrons. The summed E-state index contributed by atoms with van der Waals surface area (Å²) in [6, 6.07) is 0. The van der Waals surface area contributed by atoms with Gasteiger partial charge < -0.3 is 4.74 Å². The second kappa shape index (κ2) is 7.70. The molecule has 0 aromatic heterocycles. The van der Waals surface area contributed by atoms with Crippen molar-refractivity contribution in [3.8, 4) is 0 Å². The zero-order valence-corrected chi connectivity index (χ0v) is 11.6. The van der Waals surface area contributed by atoms with Crippen molar-refractivity contribution in [2.24, 2.45) is 11.3 Å². The normalized spacial score (nSPS) is 18.1. The first kappa shape index (κ1) is 15.5. The first-order chi connectivity index (χ1) is 7.71. The van der Waals surface area contributed by atoms with E-state index in [0.29, 0.717) is 12.5 Å². The highest BCUT2D eigenvalue weighted by atomic mass is 16.5. The zero-order chi connectivity index (χ0) is 12.6. The molecular weight excluding hydrogens is 200 g/mol. The van der Waals surface area contributed by atoms with E-state index >= 15 is 0 Å². The van der Waals surface area contributed by atoms with Crippen molar-refractivity contribution in [1.82, 2.24) is 0 Å². The van der Waals surface area contributed by atoms with Crippen LogP contribution in [0.2, 0.25) is 0 Å². The lowest BCUT2D eigenvalue weighted by molar-refractivity contribution is -0.152. The molecule has 1 atom stereocenters. The third-order valence-corrected chi connectivity index (χ3v) is 3.38. The number of esters is 1. The summed E-state index contributed by atoms with van der Waals surface area (Å²) in [5.41, 5.74) is -0.0826. The van der Waals surface area contributed by atoms with Crippen molar-refractivity contribution in [3.05, 3.63) is 0 Å². The molecule has 1 aliphatic rings. The first-order valence-electron chi connectivity index (χ1n) is 6.88. The van der Waals surface area contributed by atoms with E-state index in [4.69, 9.17) is 4.74 Å². The van der Waals surface area contributed by atoms with Gasteiger partial charge in [0.1, 0.15) is 0 Å². The monoisotopic (exact) mass is 228 g/mol. The van der Waals surface area contributed by atoms with E-state index in [-0.39, 0.29) is 11.4 Å². The van der Waals surface area contributed by atoms with Gasteiger partial charge in [-0.3, -0.25) is 4.79 Å². The van der Waals surface area contributed by atoms with Crippen LogP contribution in [0.15, 0.2) is 0 Å². The fraction of sp³-hybridized carbons (Fsp3) is 0.929. The van der Waals surface area contributed by atoms with Gasteiger partial charge in [-0.25, -0.2) is 0 Å². The van der Waals surface area contributed by atoms with Crippen molar-refractivity contribution >= 4 is 5.97 Å². The molecule has 0 N–H and O–H groups in total. The molecule has 0 aromatic carbocycles. The maximum atomic E-state index is 11.8. The second-order valence-corrected chi connectivity index (χ2v) is 4.27. The third kappa shape index (κ3) is 3.50. The Kier molecular flexibility index (Phi) is 7.44. The van der Waals surface area contributed by atoms with Crippen molar-refractivity contribution in [3.63, 3.8) is 0 Å². The molecule has 0 saturated heterocycles. The summed E-state index contributed by atoms with van der Waals surface area (Å²) in [7, 11) is 0. The maximum Gasteiger partial charge on any atom is 0.312 e. The Morgan fingerprint density at radius 3 is 2.12 bits per heavy atom. The summed E-state index contributed by atoms with van der Waals surface area (Å²) in [4.78, 5) is 11.8. The molecule has 1 saturated carbocycles. The average molecular weight is 228 g/mol. The standard InChI is InChI=1S/C12H22O2.C2H6/c1-4-7-10(5-2)12(8-9-12)11(13)14-6-3;1-2/h10H,4-9H2,1-3H3;1-2H3. The lowest BCUT2D eigenvalue weighted by Gasteiger charge is -2.23. The molecule has 0 aliphatic heterocycles. The van der Waals surface area contributed by atoms with Crippen LogP contribution < -0.4 is 0 Å². The second-order valence-electron chi connectivity index (χ2n) is 4.27. The number of hydrogen-bond donors (Lipinski definition) is 0. The summed E-state index contributed by atoms with van der Waals surface area (Å²) in [6.07, 6.45) is 5.52. The summed E-state index contributed by atoms with van der Waals surface area (Å²) >= 11 is 0. The quantitative estimate of drug-likeness (QED) is 0.637. The summed E-state index contributed by atoms with van der Waals surface area (Å²) in [6.45, 7) is 10.8. The van der Waals surface area contributed by atoms with Gasteiger partial charge in [0.25, 0.3) is 0 Å². The van der Waals surface area contributed by atoms with Crippen molar-refractivity contribution < 1.29 is 9.53 Å². The van der Waals surface area contributed by atoms with Crippen LogP contribution in [0.5, 0.6) is 0 Å². The summed E-state index contributed by atoms with van der Waals surface area (Å²) < 4.78 is 5.16. The Bertz CT molecular complexity index is 195. The van der Waals surface area contributed by atoms with Crippen LogP contribution in [0.4, 0.5) is 0 Å². The van der Waals surface area contributed by atoms with Crippen molar-refractivity contribution in [2.75, 3.05) is 6.61 Å². The molecule has 16 heavy (non-hydrogen) atoms. The molecule has 1 rings (SSSR count). The van der Waals surface area contributed by atoms with Gasteiger partial charge >= 0.3 is 5.97 Å². The van der Waals surface area contributed by atoms with E-state index in [2.05, 4.69) is 13.8 Å². The highest BCUT2D eigenvalue weighted by Crippen LogP contribution is 2.55. The van der Waals surface area contributed by atoms with Gasteiger partial charge in [0.15, 0.2) is 0 Å². The molecule has 0 aromatic rings. The Labute approximate surface area is 101 Å². The van der Waals surface area contributed by atoms with Crippen LogP contribution in [0, 0.1) is 11.3 Å². The van der Waals surface area contributed by atoms with E-state index in [1.54, 1.807) is 0 Å². The summed E-state index contributed by atoms with van der Waals surface area (Å²) in [5, 5.41) is 0. The van der Waals surface area contributed by atoms with Crippen LogP contribution in [0.1, 0.15) is 66.7 Å². The SMILES string of the molecule is CC.CCCC(CC)C1(C(=O)OCC)CC1. The third-order valence-electron chi connectivity index (χ3n) is 3.38. The Morgan fingerprint density at radius 1 is 1.25 bits per heavy atom. The minimum absolute atomic E-state index is 0.0558. The van der Waals surface area contributed by atoms with Crippen LogP contribution in [0.3, 0.4) is 0 Å². The van der Waals surface area contributed by atoms with Crippen molar-refractivity contribution in [1.29, 1.82) is 0 Å². The minimum Gasteiger partial charge on any atom is -0.466 e. The smallest absolute Gasteiger partial charge is 0.312 e. The molecule has 1 unspecified atom stereocenters. The first-order valence-corrected chi connectivity index (χ1v) is 6.88. The van der Waals surface area contributed by atoms with E-state index in [1.807, 2.05) is 20.8 Å². The molecule has 1 aliphatic carbocycles. The number of hydrogen-bond acceptors (Lipinski definition) is 2. The molecule has 1 fully saturated rings. The zero-order valence-electron chi connectivity index (χ0n) is 11.6. The lowest BCUT2D eigenvalue weighted by atomic mass is 9.83. The molecule has 0 radical (unpaired) electrons. The largest absolute Gasteiger partial charge is 0.466 e. The van der Waals surface area contributed by atoms with E-state index in [9.17, 15) is 4.79 Å². The number of rotatable bonds is 6. The van der Waals surface area contributed by atoms with Gasteiger partial charge in [-0.05, 0) is 32.1 Å². The maximum absolute atomic E-state index is 11.8. The van der Waals surface area contributed by atoms with Gasteiger partial charge in [0.2, 0.25) is 0 Å². The van der Waals surface area contributed by atoms with E-state index in [1.165, 1.54) is 6.42 Å². The highest BCUT2D eigenvalue weighted by Gasteiger charge is 2.55. The van der Waals surface area contributed by atoms with Gasteiger partial charge in [0.05, 0.1) is 12.0 Å². The predicted molar refractivity (Wildman–Crippen MR) is 68.3 cm³/mol. The molecule has 2 heteroatoms. The summed E-state index contributed by atoms with van der Waals surface area (Å²) in [5.74, 6) is 0.604. The highest BCUT2D eigenvalue weighted by molar-refractivity contribution is 5.80. The van der Waals surface area contributed by atoms with Gasteiger partial charge in [-0.15, -0.1) is 0 Å². The van der Waals surface area contributed by atoms with Crippen LogP contribution in [-0.4, -0.2) is 12.6 Å². The number of ether oxygens (including phenoxy) is 1. The van der Waals surface area contributed by atoms with Gasteiger partial charge in [0, 0.05) is 0 Å². The van der Waals surface area contributed by atoms with Crippen LogP contribution in [0.25, 0.3) is 0 Å². The molecule has 0 amide bonds. The van der Waals surface area contributed by atoms with Crippen molar-refractivity contribution in [2.45, 2.75) is 66.7 Å². The van der Waals surface area contributed by atoms with E-state index < -0.39 is 0 Å². The van der Waals surface area contributed by atoms with E-state index in [0.717, 1.165) is 25.7 Å². The molecule has 0 bridgehead atoms. The fourth-order valence-electron chi connectivity index (χ4n) is 2.41. The Hall–Kier alpha value is -0.530. The molecule has 2 nitrogen and oxygen atoms in total. The molecule has 0 spiro atoms. The minimum atomic E-state index is -0.0826. The van der Waals surface area contributed by atoms with Crippen LogP contribution >= 0.6 is 0 Å². The average Bonchev–Trinajstić information content (AvgIpc) is 3.10. The Morgan fingerprint density at radius 2 is 1.81 bits per heavy atom. The Balaban J connectivity index is 0.00000106. The topological polar surface area (TPSA) is 26.3 Å².